The first-order valence-corrected chi connectivity index (χ1v) is 11.6. The topological polar surface area (TPSA) is 200 Å². The number of hydrogen-bond donors (Lipinski definition) is 7. The molecule has 12 heteroatoms. The Labute approximate surface area is 209 Å². The number of hydrogen-bond acceptors (Lipinski definition) is 7. The van der Waals surface area contributed by atoms with E-state index in [9.17, 15) is 29.4 Å². The van der Waals surface area contributed by atoms with Gasteiger partial charge in [-0.15, -0.1) is 0 Å². The van der Waals surface area contributed by atoms with Crippen molar-refractivity contribution >= 4 is 23.7 Å². The molecule has 0 spiro atoms. The average molecular weight is 503 g/mol. The Morgan fingerprint density at radius 2 is 1.56 bits per heavy atom. The van der Waals surface area contributed by atoms with Gasteiger partial charge in [-0.3, -0.25) is 14.4 Å². The molecule has 1 aromatic heterocycles. The zero-order valence-electron chi connectivity index (χ0n) is 20.3. The molecule has 36 heavy (non-hydrogen) atoms. The third kappa shape index (κ3) is 9.12. The molecule has 0 aliphatic heterocycles. The van der Waals surface area contributed by atoms with Gasteiger partial charge in [-0.05, 0) is 24.3 Å². The fourth-order valence-electron chi connectivity index (χ4n) is 3.50. The van der Waals surface area contributed by atoms with Crippen LogP contribution in [0.1, 0.15) is 31.5 Å². The van der Waals surface area contributed by atoms with E-state index in [1.54, 1.807) is 0 Å². The maximum Gasteiger partial charge on any atom is 0.326 e. The quantitative estimate of drug-likeness (QED) is 0.172. The smallest absolute Gasteiger partial charge is 0.326 e. The maximum atomic E-state index is 13.0. The summed E-state index contributed by atoms with van der Waals surface area (Å²) in [5.74, 6) is -3.39. The van der Waals surface area contributed by atoms with E-state index in [-0.39, 0.29) is 25.2 Å². The molecule has 0 saturated heterocycles. The maximum absolute atomic E-state index is 13.0. The van der Waals surface area contributed by atoms with Gasteiger partial charge in [-0.2, -0.15) is 0 Å². The van der Waals surface area contributed by atoms with Crippen LogP contribution in [0.4, 0.5) is 0 Å². The molecule has 0 bridgehead atoms. The van der Waals surface area contributed by atoms with Crippen LogP contribution >= 0.6 is 0 Å². The van der Waals surface area contributed by atoms with E-state index in [2.05, 4.69) is 25.9 Å². The molecule has 0 radical (unpaired) electrons. The van der Waals surface area contributed by atoms with Crippen LogP contribution in [0.5, 0.6) is 0 Å². The Morgan fingerprint density at radius 1 is 0.944 bits per heavy atom. The number of aliphatic carboxylic acids is 1. The number of rotatable bonds is 14. The lowest BCUT2D eigenvalue weighted by Gasteiger charge is -2.25. The van der Waals surface area contributed by atoms with Crippen molar-refractivity contribution < 1.29 is 29.4 Å². The molecule has 8 N–H and O–H groups in total. The Balaban J connectivity index is 2.02. The van der Waals surface area contributed by atoms with Crippen LogP contribution in [-0.4, -0.2) is 74.6 Å². The van der Waals surface area contributed by atoms with E-state index in [4.69, 9.17) is 5.73 Å². The van der Waals surface area contributed by atoms with Gasteiger partial charge >= 0.3 is 5.97 Å². The van der Waals surface area contributed by atoms with Gasteiger partial charge < -0.3 is 36.9 Å². The van der Waals surface area contributed by atoms with Crippen molar-refractivity contribution in [2.75, 3.05) is 6.61 Å². The summed E-state index contributed by atoms with van der Waals surface area (Å²) < 4.78 is 0. The molecule has 0 fully saturated rings. The predicted molar refractivity (Wildman–Crippen MR) is 130 cm³/mol. The molecule has 0 aliphatic rings. The van der Waals surface area contributed by atoms with Crippen LogP contribution in [0.2, 0.25) is 0 Å². The normalized spacial score (nSPS) is 14.4. The average Bonchev–Trinajstić information content (AvgIpc) is 3.34. The van der Waals surface area contributed by atoms with Gasteiger partial charge in [0.05, 0.1) is 19.0 Å². The fourth-order valence-corrected chi connectivity index (χ4v) is 3.50. The molecule has 12 nitrogen and oxygen atoms in total. The molecular formula is C24H34N6O6. The Morgan fingerprint density at radius 3 is 2.11 bits per heavy atom. The minimum Gasteiger partial charge on any atom is -0.480 e. The highest BCUT2D eigenvalue weighted by Crippen LogP contribution is 2.08. The number of H-pyrrole nitrogens is 1. The second-order valence-electron chi connectivity index (χ2n) is 8.91. The van der Waals surface area contributed by atoms with Crippen LogP contribution in [0.25, 0.3) is 0 Å². The molecule has 3 amide bonds. The summed E-state index contributed by atoms with van der Waals surface area (Å²) in [5, 5.41) is 26.5. The summed E-state index contributed by atoms with van der Waals surface area (Å²) in [6, 6.07) is 4.54. The first-order chi connectivity index (χ1) is 17.1. The molecule has 0 saturated carbocycles. The summed E-state index contributed by atoms with van der Waals surface area (Å²) in [6.45, 7) is 2.95. The van der Waals surface area contributed by atoms with E-state index < -0.39 is 54.5 Å². The monoisotopic (exact) mass is 502 g/mol. The second kappa shape index (κ2) is 14.0. The van der Waals surface area contributed by atoms with E-state index >= 15 is 0 Å². The number of nitrogens with two attached hydrogens (primary N) is 1. The lowest BCUT2D eigenvalue weighted by Crippen LogP contribution is -2.58. The van der Waals surface area contributed by atoms with Crippen molar-refractivity contribution in [1.29, 1.82) is 0 Å². The number of carboxylic acids is 1. The van der Waals surface area contributed by atoms with Crippen molar-refractivity contribution in [1.82, 2.24) is 25.9 Å². The highest BCUT2D eigenvalue weighted by molar-refractivity contribution is 5.94. The number of benzene rings is 1. The number of aliphatic hydroxyl groups is 1. The van der Waals surface area contributed by atoms with E-state index in [1.165, 1.54) is 12.5 Å². The lowest BCUT2D eigenvalue weighted by molar-refractivity contribution is -0.142. The number of amides is 3. The van der Waals surface area contributed by atoms with Gasteiger partial charge in [0.1, 0.15) is 18.1 Å². The first-order valence-electron chi connectivity index (χ1n) is 11.6. The third-order valence-electron chi connectivity index (χ3n) is 5.38. The van der Waals surface area contributed by atoms with Gasteiger partial charge in [-0.25, -0.2) is 9.78 Å². The van der Waals surface area contributed by atoms with Crippen molar-refractivity contribution in [3.05, 3.63) is 54.1 Å². The molecule has 1 heterocycles. The fraction of sp³-hybridized carbons (Fsp3) is 0.458. The minimum absolute atomic E-state index is 0.0126. The van der Waals surface area contributed by atoms with E-state index in [0.29, 0.717) is 5.69 Å². The summed E-state index contributed by atoms with van der Waals surface area (Å²) >= 11 is 0. The highest BCUT2D eigenvalue weighted by atomic mass is 16.4. The summed E-state index contributed by atoms with van der Waals surface area (Å²) in [4.78, 5) is 56.4. The third-order valence-corrected chi connectivity index (χ3v) is 5.38. The number of carboxylic acid groups (broad SMARTS) is 1. The second-order valence-corrected chi connectivity index (χ2v) is 8.91. The number of aromatic nitrogens is 2. The lowest BCUT2D eigenvalue weighted by atomic mass is 10.0. The van der Waals surface area contributed by atoms with Crippen molar-refractivity contribution in [3.63, 3.8) is 0 Å². The number of aliphatic hydroxyl groups excluding tert-OH is 1. The van der Waals surface area contributed by atoms with Crippen molar-refractivity contribution in [2.24, 2.45) is 11.7 Å². The molecule has 1 aromatic carbocycles. The van der Waals surface area contributed by atoms with Crippen molar-refractivity contribution in [2.45, 2.75) is 57.3 Å². The zero-order chi connectivity index (χ0) is 26.7. The number of carbonyl (C=O) groups is 4. The predicted octanol–water partition coefficient (Wildman–Crippen LogP) is -0.900. The van der Waals surface area contributed by atoms with Gasteiger partial charge in [-0.1, -0.05) is 44.2 Å². The van der Waals surface area contributed by atoms with Crippen LogP contribution in [-0.2, 0) is 32.0 Å². The highest BCUT2D eigenvalue weighted by Gasteiger charge is 2.30. The molecule has 4 unspecified atom stereocenters. The molecule has 2 aromatic rings. The standard InChI is InChI=1S/C24H34N6O6/c1-14(2)8-18(28-21(32)17(25)9-15-6-4-3-5-7-15)22(33)30-20(12-31)23(34)29-19(24(35)36)10-16-11-26-13-27-16/h3-7,11,13-14,17-20,31H,8-10,12,25H2,1-2H3,(H,26,27)(H,28,32)(H,29,34)(H,30,33)(H,35,36). The van der Waals surface area contributed by atoms with Crippen molar-refractivity contribution in [3.8, 4) is 0 Å². The van der Waals surface area contributed by atoms with Crippen LogP contribution in [0.3, 0.4) is 0 Å². The summed E-state index contributed by atoms with van der Waals surface area (Å²) in [6.07, 6.45) is 3.26. The molecule has 4 atom stereocenters. The number of nitrogens with zero attached hydrogens (tertiary/aromatic N) is 1. The molecule has 196 valence electrons. The largest absolute Gasteiger partial charge is 0.480 e. The van der Waals surface area contributed by atoms with Gasteiger partial charge in [0.2, 0.25) is 17.7 Å². The van der Waals surface area contributed by atoms with Gasteiger partial charge in [0, 0.05) is 18.3 Å². The number of nitrogens with one attached hydrogen (secondary N) is 4. The van der Waals surface area contributed by atoms with Gasteiger partial charge in [0.15, 0.2) is 0 Å². The molecule has 0 aliphatic carbocycles. The molecular weight excluding hydrogens is 468 g/mol. The first kappa shape index (κ1) is 28.5. The van der Waals surface area contributed by atoms with Gasteiger partial charge in [0.25, 0.3) is 0 Å². The number of imidazole rings is 1. The molecule has 2 rings (SSSR count). The summed E-state index contributed by atoms with van der Waals surface area (Å²) in [7, 11) is 0. The van der Waals surface area contributed by atoms with Crippen LogP contribution in [0, 0.1) is 5.92 Å². The van der Waals surface area contributed by atoms with Crippen LogP contribution < -0.4 is 21.7 Å². The Hall–Kier alpha value is -3.77. The zero-order valence-corrected chi connectivity index (χ0v) is 20.3. The van der Waals surface area contributed by atoms with Crippen LogP contribution in [0.15, 0.2) is 42.9 Å². The van der Waals surface area contributed by atoms with E-state index in [0.717, 1.165) is 5.56 Å². The minimum atomic E-state index is -1.43. The number of aromatic amines is 1. The number of carbonyl (C=O) groups excluding carboxylic acids is 3. The van der Waals surface area contributed by atoms with E-state index in [1.807, 2.05) is 44.2 Å². The summed E-state index contributed by atoms with van der Waals surface area (Å²) in [5.41, 5.74) is 7.38. The Kier molecular flexibility index (Phi) is 11.0. The SMILES string of the molecule is CC(C)CC(NC(=O)C(N)Cc1ccccc1)C(=O)NC(CO)C(=O)NC(Cc1cnc[nH]1)C(=O)O. The Bertz CT molecular complexity index is 998.